The Morgan fingerprint density at radius 3 is 2.71 bits per heavy atom. The number of carbonyl (C=O) groups is 1. The number of carbonyl (C=O) groups excluding carboxylic acids is 1. The Balaban J connectivity index is 1.90. The van der Waals surface area contributed by atoms with Gasteiger partial charge in [-0.1, -0.05) is 24.3 Å². The molecule has 1 aliphatic rings. The molecule has 1 saturated heterocycles. The Hall–Kier alpha value is -2.39. The SMILES string of the molecule is C=CCOc1nc(-c2scnc2C)nc(N2CCN(C(=O)OC(C)(C)C)C[C@H]2C)c1Cl. The smallest absolute Gasteiger partial charge is 0.410 e. The fourth-order valence-electron chi connectivity index (χ4n) is 3.22. The van der Waals surface area contributed by atoms with E-state index in [4.69, 9.17) is 26.1 Å². The van der Waals surface area contributed by atoms with Gasteiger partial charge >= 0.3 is 6.09 Å². The van der Waals surface area contributed by atoms with Gasteiger partial charge in [0.05, 0.1) is 16.1 Å². The van der Waals surface area contributed by atoms with Crippen LogP contribution in [-0.4, -0.2) is 63.8 Å². The fraction of sp³-hybridized carbons (Fsp3) is 0.524. The Bertz CT molecular complexity index is 959. The Morgan fingerprint density at radius 1 is 1.39 bits per heavy atom. The molecule has 0 spiro atoms. The molecule has 1 fully saturated rings. The molecule has 0 aromatic carbocycles. The summed E-state index contributed by atoms with van der Waals surface area (Å²) in [7, 11) is 0. The summed E-state index contributed by atoms with van der Waals surface area (Å²) in [6, 6.07) is -0.0312. The minimum atomic E-state index is -0.535. The molecule has 1 aliphatic heterocycles. The summed E-state index contributed by atoms with van der Waals surface area (Å²) in [5.74, 6) is 1.39. The summed E-state index contributed by atoms with van der Waals surface area (Å²) < 4.78 is 11.2. The summed E-state index contributed by atoms with van der Waals surface area (Å²) in [6.07, 6.45) is 1.32. The highest BCUT2D eigenvalue weighted by Gasteiger charge is 2.32. The van der Waals surface area contributed by atoms with E-state index in [0.29, 0.717) is 42.2 Å². The van der Waals surface area contributed by atoms with Crippen molar-refractivity contribution >= 4 is 34.8 Å². The number of thiazole rings is 1. The largest absolute Gasteiger partial charge is 0.472 e. The van der Waals surface area contributed by atoms with Gasteiger partial charge in [-0.2, -0.15) is 4.98 Å². The second kappa shape index (κ2) is 9.40. The zero-order valence-corrected chi connectivity index (χ0v) is 20.1. The molecule has 10 heteroatoms. The van der Waals surface area contributed by atoms with Crippen LogP contribution in [0.5, 0.6) is 5.88 Å². The molecule has 0 N–H and O–H groups in total. The van der Waals surface area contributed by atoms with Gasteiger partial charge in [0.25, 0.3) is 0 Å². The van der Waals surface area contributed by atoms with Gasteiger partial charge in [-0.25, -0.2) is 14.8 Å². The number of aromatic nitrogens is 3. The van der Waals surface area contributed by atoms with E-state index in [1.807, 2.05) is 34.6 Å². The first-order chi connectivity index (χ1) is 14.6. The Kier molecular flexibility index (Phi) is 7.06. The summed E-state index contributed by atoms with van der Waals surface area (Å²) in [6.45, 7) is 15.0. The molecule has 1 amide bonds. The van der Waals surface area contributed by atoms with E-state index in [2.05, 4.69) is 21.4 Å². The molecule has 2 aromatic rings. The molecule has 0 bridgehead atoms. The molecule has 1 atom stereocenters. The maximum atomic E-state index is 12.5. The number of piperazine rings is 1. The zero-order valence-electron chi connectivity index (χ0n) is 18.5. The van der Waals surface area contributed by atoms with Crippen LogP contribution in [0.4, 0.5) is 10.6 Å². The van der Waals surface area contributed by atoms with Crippen LogP contribution >= 0.6 is 22.9 Å². The molecular weight excluding hydrogens is 438 g/mol. The number of aryl methyl sites for hydroxylation is 1. The summed E-state index contributed by atoms with van der Waals surface area (Å²) >= 11 is 8.12. The van der Waals surface area contributed by atoms with Crippen molar-refractivity contribution in [3.63, 3.8) is 0 Å². The molecule has 8 nitrogen and oxygen atoms in total. The number of ether oxygens (including phenoxy) is 2. The summed E-state index contributed by atoms with van der Waals surface area (Å²) in [4.78, 5) is 30.7. The average Bonchev–Trinajstić information content (AvgIpc) is 3.12. The van der Waals surface area contributed by atoms with E-state index in [9.17, 15) is 4.79 Å². The fourth-order valence-corrected chi connectivity index (χ4v) is 4.21. The highest BCUT2D eigenvalue weighted by atomic mass is 35.5. The Labute approximate surface area is 191 Å². The third-order valence-electron chi connectivity index (χ3n) is 4.64. The lowest BCUT2D eigenvalue weighted by Crippen LogP contribution is -2.55. The van der Waals surface area contributed by atoms with E-state index >= 15 is 0 Å². The molecule has 0 aliphatic carbocycles. The lowest BCUT2D eigenvalue weighted by atomic mass is 10.2. The van der Waals surface area contributed by atoms with Gasteiger partial charge in [0, 0.05) is 25.7 Å². The van der Waals surface area contributed by atoms with Crippen LogP contribution in [-0.2, 0) is 4.74 Å². The highest BCUT2D eigenvalue weighted by molar-refractivity contribution is 7.13. The van der Waals surface area contributed by atoms with Crippen molar-refractivity contribution < 1.29 is 14.3 Å². The molecule has 0 saturated carbocycles. The monoisotopic (exact) mass is 465 g/mol. The van der Waals surface area contributed by atoms with Crippen LogP contribution in [0.25, 0.3) is 10.7 Å². The van der Waals surface area contributed by atoms with Crippen LogP contribution in [0, 0.1) is 6.92 Å². The average molecular weight is 466 g/mol. The molecule has 0 radical (unpaired) electrons. The first kappa shape index (κ1) is 23.3. The first-order valence-corrected chi connectivity index (χ1v) is 11.3. The van der Waals surface area contributed by atoms with Crippen LogP contribution in [0.1, 0.15) is 33.4 Å². The van der Waals surface area contributed by atoms with Crippen molar-refractivity contribution in [3.05, 3.63) is 28.9 Å². The maximum Gasteiger partial charge on any atom is 0.410 e. The number of hydrogen-bond donors (Lipinski definition) is 0. The quantitative estimate of drug-likeness (QED) is 0.598. The standard InChI is InChI=1S/C21H28ClN5O3S/c1-7-10-29-19-15(22)18(24-17(25-19)16-14(3)23-12-31-16)27-9-8-26(11-13(27)2)20(28)30-21(4,5)6/h7,12-13H,1,8-11H2,2-6H3/t13-/m1/s1. The predicted octanol–water partition coefficient (Wildman–Crippen LogP) is 4.57. The van der Waals surface area contributed by atoms with E-state index in [1.165, 1.54) is 11.3 Å². The minimum absolute atomic E-state index is 0.0312. The zero-order chi connectivity index (χ0) is 22.8. The van der Waals surface area contributed by atoms with Gasteiger partial charge in [-0.05, 0) is 34.6 Å². The van der Waals surface area contributed by atoms with E-state index in [-0.39, 0.29) is 18.7 Å². The van der Waals surface area contributed by atoms with Crippen molar-refractivity contribution in [3.8, 4) is 16.6 Å². The Morgan fingerprint density at radius 2 is 2.13 bits per heavy atom. The number of halogens is 1. The van der Waals surface area contributed by atoms with Gasteiger partial charge < -0.3 is 19.3 Å². The lowest BCUT2D eigenvalue weighted by Gasteiger charge is -2.41. The molecular formula is C21H28ClN5O3S. The van der Waals surface area contributed by atoms with E-state index in [1.54, 1.807) is 16.5 Å². The van der Waals surface area contributed by atoms with Crippen LogP contribution in [0.2, 0.25) is 5.02 Å². The molecule has 168 valence electrons. The second-order valence-electron chi connectivity index (χ2n) is 8.33. The molecule has 3 heterocycles. The highest BCUT2D eigenvalue weighted by Crippen LogP contribution is 2.37. The van der Waals surface area contributed by atoms with Crippen molar-refractivity contribution in [1.29, 1.82) is 0 Å². The van der Waals surface area contributed by atoms with Crippen molar-refractivity contribution in [2.75, 3.05) is 31.1 Å². The number of rotatable bonds is 5. The van der Waals surface area contributed by atoms with Gasteiger partial charge in [-0.15, -0.1) is 11.3 Å². The number of hydrogen-bond acceptors (Lipinski definition) is 8. The number of anilines is 1. The molecule has 3 rings (SSSR count). The minimum Gasteiger partial charge on any atom is -0.472 e. The molecule has 31 heavy (non-hydrogen) atoms. The number of amides is 1. The molecule has 0 unspecified atom stereocenters. The third-order valence-corrected chi connectivity index (χ3v) is 5.90. The maximum absolute atomic E-state index is 12.5. The van der Waals surface area contributed by atoms with E-state index in [0.717, 1.165) is 10.6 Å². The van der Waals surface area contributed by atoms with Crippen LogP contribution in [0.3, 0.4) is 0 Å². The van der Waals surface area contributed by atoms with Crippen molar-refractivity contribution in [2.45, 2.75) is 46.3 Å². The summed E-state index contributed by atoms with van der Waals surface area (Å²) in [5.41, 5.74) is 2.07. The van der Waals surface area contributed by atoms with E-state index < -0.39 is 5.60 Å². The molecule has 2 aromatic heterocycles. The predicted molar refractivity (Wildman–Crippen MR) is 123 cm³/mol. The van der Waals surface area contributed by atoms with Crippen molar-refractivity contribution in [1.82, 2.24) is 19.9 Å². The van der Waals surface area contributed by atoms with Gasteiger partial charge in [0.15, 0.2) is 11.6 Å². The van der Waals surface area contributed by atoms with Gasteiger partial charge in [0.1, 0.15) is 17.2 Å². The third kappa shape index (κ3) is 5.46. The number of nitrogens with zero attached hydrogens (tertiary/aromatic N) is 5. The van der Waals surface area contributed by atoms with Gasteiger partial charge in [-0.3, -0.25) is 0 Å². The van der Waals surface area contributed by atoms with Crippen molar-refractivity contribution in [2.24, 2.45) is 0 Å². The summed E-state index contributed by atoms with van der Waals surface area (Å²) in [5, 5.41) is 0.338. The normalized spacial score (nSPS) is 16.9. The second-order valence-corrected chi connectivity index (χ2v) is 9.56. The lowest BCUT2D eigenvalue weighted by molar-refractivity contribution is 0.0218. The van der Waals surface area contributed by atoms with Crippen LogP contribution in [0.15, 0.2) is 18.2 Å². The topological polar surface area (TPSA) is 80.7 Å². The first-order valence-electron chi connectivity index (χ1n) is 10.1. The van der Waals surface area contributed by atoms with Crippen LogP contribution < -0.4 is 9.64 Å². The van der Waals surface area contributed by atoms with Gasteiger partial charge in [0.2, 0.25) is 5.88 Å².